The summed E-state index contributed by atoms with van der Waals surface area (Å²) in [4.78, 5) is 10.4. The Balaban J connectivity index is 2.35. The van der Waals surface area contributed by atoms with Crippen LogP contribution in [0.1, 0.15) is 19.3 Å². The summed E-state index contributed by atoms with van der Waals surface area (Å²) in [7, 11) is 1.88. The third-order valence-corrected chi connectivity index (χ3v) is 2.19. The SMILES string of the molecule is CN[C@H]1CC[C@@H](C(=O)O)C1. The average Bonchev–Trinajstić information content (AvgIpc) is 2.34. The van der Waals surface area contributed by atoms with Gasteiger partial charge in [-0.3, -0.25) is 4.79 Å². The molecule has 1 fully saturated rings. The van der Waals surface area contributed by atoms with Crippen molar-refractivity contribution in [1.29, 1.82) is 0 Å². The van der Waals surface area contributed by atoms with Gasteiger partial charge in [-0.05, 0) is 26.3 Å². The van der Waals surface area contributed by atoms with Gasteiger partial charge in [0.15, 0.2) is 0 Å². The molecule has 3 heteroatoms. The predicted octanol–water partition coefficient (Wildman–Crippen LogP) is 0.459. The molecule has 2 atom stereocenters. The Morgan fingerprint density at radius 3 is 2.60 bits per heavy atom. The number of hydrogen-bond donors (Lipinski definition) is 2. The second kappa shape index (κ2) is 3.01. The molecule has 0 aromatic carbocycles. The molecule has 1 saturated carbocycles. The van der Waals surface area contributed by atoms with Gasteiger partial charge in [-0.2, -0.15) is 0 Å². The van der Waals surface area contributed by atoms with Crippen molar-refractivity contribution in [2.75, 3.05) is 7.05 Å². The van der Waals surface area contributed by atoms with Crippen LogP contribution in [0.15, 0.2) is 0 Å². The summed E-state index contributed by atoms with van der Waals surface area (Å²) in [6.45, 7) is 0. The van der Waals surface area contributed by atoms with Crippen LogP contribution in [-0.4, -0.2) is 24.2 Å². The molecule has 0 aliphatic heterocycles. The highest BCUT2D eigenvalue weighted by Crippen LogP contribution is 2.24. The number of carboxylic acid groups (broad SMARTS) is 1. The fraction of sp³-hybridized carbons (Fsp3) is 0.857. The van der Waals surface area contributed by atoms with Crippen molar-refractivity contribution >= 4 is 5.97 Å². The Hall–Kier alpha value is -0.570. The molecule has 1 rings (SSSR count). The summed E-state index contributed by atoms with van der Waals surface area (Å²) >= 11 is 0. The van der Waals surface area contributed by atoms with Crippen LogP contribution in [-0.2, 0) is 4.79 Å². The van der Waals surface area contributed by atoms with Gasteiger partial charge in [0.25, 0.3) is 0 Å². The fourth-order valence-electron chi connectivity index (χ4n) is 1.47. The van der Waals surface area contributed by atoms with E-state index in [0.29, 0.717) is 6.04 Å². The molecule has 0 unspecified atom stereocenters. The lowest BCUT2D eigenvalue weighted by atomic mass is 10.1. The molecular formula is C7H13NO2. The zero-order chi connectivity index (χ0) is 7.56. The van der Waals surface area contributed by atoms with Gasteiger partial charge in [0.2, 0.25) is 0 Å². The zero-order valence-corrected chi connectivity index (χ0v) is 6.13. The smallest absolute Gasteiger partial charge is 0.306 e. The summed E-state index contributed by atoms with van der Waals surface area (Å²) in [5.74, 6) is -0.741. The summed E-state index contributed by atoms with van der Waals surface area (Å²) in [5, 5.41) is 11.7. The van der Waals surface area contributed by atoms with E-state index in [1.807, 2.05) is 7.05 Å². The molecule has 0 radical (unpaired) electrons. The molecule has 58 valence electrons. The third-order valence-electron chi connectivity index (χ3n) is 2.19. The van der Waals surface area contributed by atoms with Crippen LogP contribution >= 0.6 is 0 Å². The van der Waals surface area contributed by atoms with Crippen molar-refractivity contribution in [3.05, 3.63) is 0 Å². The molecule has 2 N–H and O–H groups in total. The summed E-state index contributed by atoms with van der Waals surface area (Å²) in [6.07, 6.45) is 2.64. The van der Waals surface area contributed by atoms with E-state index < -0.39 is 5.97 Å². The third kappa shape index (κ3) is 1.48. The van der Waals surface area contributed by atoms with Crippen molar-refractivity contribution < 1.29 is 9.90 Å². The first-order chi connectivity index (χ1) is 4.74. The van der Waals surface area contributed by atoms with E-state index in [1.54, 1.807) is 0 Å². The van der Waals surface area contributed by atoms with Crippen LogP contribution in [0.4, 0.5) is 0 Å². The van der Waals surface area contributed by atoms with Crippen LogP contribution in [0, 0.1) is 5.92 Å². The molecule has 0 aromatic rings. The van der Waals surface area contributed by atoms with Gasteiger partial charge in [0.1, 0.15) is 0 Å². The minimum atomic E-state index is -0.641. The highest BCUT2D eigenvalue weighted by atomic mass is 16.4. The lowest BCUT2D eigenvalue weighted by molar-refractivity contribution is -0.141. The number of carboxylic acids is 1. The van der Waals surface area contributed by atoms with Crippen molar-refractivity contribution in [1.82, 2.24) is 5.32 Å². The van der Waals surface area contributed by atoms with Crippen molar-refractivity contribution in [3.63, 3.8) is 0 Å². The molecule has 0 heterocycles. The van der Waals surface area contributed by atoms with Gasteiger partial charge < -0.3 is 10.4 Å². The molecule has 1 aliphatic rings. The molecule has 3 nitrogen and oxygen atoms in total. The minimum absolute atomic E-state index is 0.0996. The van der Waals surface area contributed by atoms with E-state index in [-0.39, 0.29) is 5.92 Å². The maximum absolute atomic E-state index is 10.4. The lowest BCUT2D eigenvalue weighted by Crippen LogP contribution is -2.22. The monoisotopic (exact) mass is 143 g/mol. The van der Waals surface area contributed by atoms with Gasteiger partial charge in [0.05, 0.1) is 5.92 Å². The Labute approximate surface area is 60.4 Å². The number of rotatable bonds is 2. The second-order valence-corrected chi connectivity index (χ2v) is 2.83. The average molecular weight is 143 g/mol. The lowest BCUT2D eigenvalue weighted by Gasteiger charge is -2.05. The standard InChI is InChI=1S/C7H13NO2/c1-8-6-3-2-5(4-6)7(9)10/h5-6,8H,2-4H2,1H3,(H,9,10)/t5-,6+/m1/s1. The van der Waals surface area contributed by atoms with Crippen molar-refractivity contribution in [2.24, 2.45) is 5.92 Å². The number of carbonyl (C=O) groups is 1. The predicted molar refractivity (Wildman–Crippen MR) is 37.8 cm³/mol. The summed E-state index contributed by atoms with van der Waals surface area (Å²) in [6, 6.07) is 0.432. The van der Waals surface area contributed by atoms with Gasteiger partial charge in [-0.1, -0.05) is 0 Å². The number of hydrogen-bond acceptors (Lipinski definition) is 2. The molecule has 10 heavy (non-hydrogen) atoms. The van der Waals surface area contributed by atoms with Crippen LogP contribution in [0.5, 0.6) is 0 Å². The minimum Gasteiger partial charge on any atom is -0.481 e. The van der Waals surface area contributed by atoms with E-state index in [9.17, 15) is 4.79 Å². The first-order valence-electron chi connectivity index (χ1n) is 3.64. The Bertz CT molecular complexity index is 136. The second-order valence-electron chi connectivity index (χ2n) is 2.83. The largest absolute Gasteiger partial charge is 0.481 e. The van der Waals surface area contributed by atoms with Crippen LogP contribution in [0.3, 0.4) is 0 Å². The molecule has 0 spiro atoms. The first-order valence-corrected chi connectivity index (χ1v) is 3.64. The van der Waals surface area contributed by atoms with Crippen LogP contribution in [0.2, 0.25) is 0 Å². The molecule has 1 aliphatic carbocycles. The fourth-order valence-corrected chi connectivity index (χ4v) is 1.47. The van der Waals surface area contributed by atoms with Gasteiger partial charge >= 0.3 is 5.97 Å². The Morgan fingerprint density at radius 1 is 1.60 bits per heavy atom. The Morgan fingerprint density at radius 2 is 2.30 bits per heavy atom. The molecular weight excluding hydrogens is 130 g/mol. The number of aliphatic carboxylic acids is 1. The van der Waals surface area contributed by atoms with Crippen molar-refractivity contribution in [3.8, 4) is 0 Å². The van der Waals surface area contributed by atoms with E-state index in [0.717, 1.165) is 19.3 Å². The topological polar surface area (TPSA) is 49.3 Å². The highest BCUT2D eigenvalue weighted by molar-refractivity contribution is 5.70. The summed E-state index contributed by atoms with van der Waals surface area (Å²) in [5.41, 5.74) is 0. The van der Waals surface area contributed by atoms with E-state index in [1.165, 1.54) is 0 Å². The van der Waals surface area contributed by atoms with Crippen molar-refractivity contribution in [2.45, 2.75) is 25.3 Å². The van der Waals surface area contributed by atoms with E-state index >= 15 is 0 Å². The van der Waals surface area contributed by atoms with Crippen LogP contribution < -0.4 is 5.32 Å². The van der Waals surface area contributed by atoms with E-state index in [2.05, 4.69) is 5.32 Å². The molecule has 0 amide bonds. The van der Waals surface area contributed by atoms with Gasteiger partial charge in [-0.15, -0.1) is 0 Å². The quantitative estimate of drug-likeness (QED) is 0.590. The molecule has 0 bridgehead atoms. The van der Waals surface area contributed by atoms with Crippen LogP contribution in [0.25, 0.3) is 0 Å². The molecule has 0 aromatic heterocycles. The summed E-state index contributed by atoms with van der Waals surface area (Å²) < 4.78 is 0. The normalized spacial score (nSPS) is 32.5. The van der Waals surface area contributed by atoms with Gasteiger partial charge in [-0.25, -0.2) is 0 Å². The van der Waals surface area contributed by atoms with E-state index in [4.69, 9.17) is 5.11 Å². The van der Waals surface area contributed by atoms with Gasteiger partial charge in [0, 0.05) is 6.04 Å². The molecule has 0 saturated heterocycles. The first kappa shape index (κ1) is 7.54. The zero-order valence-electron chi connectivity index (χ0n) is 6.13. The number of nitrogens with one attached hydrogen (secondary N) is 1. The maximum atomic E-state index is 10.4. The highest BCUT2D eigenvalue weighted by Gasteiger charge is 2.28. The Kier molecular flexibility index (Phi) is 2.27. The maximum Gasteiger partial charge on any atom is 0.306 e.